The Hall–Kier alpha value is -1.58. The number of ether oxygens (including phenoxy) is 1. The first-order chi connectivity index (χ1) is 8.97. The molecule has 2 rings (SSSR count). The fourth-order valence-corrected chi connectivity index (χ4v) is 2.01. The lowest BCUT2D eigenvalue weighted by atomic mass is 10.1. The number of rotatable bonds is 3. The van der Waals surface area contributed by atoms with Crippen molar-refractivity contribution < 1.29 is 14.2 Å². The number of halogens is 2. The maximum Gasteiger partial charge on any atom is 0.133 e. The van der Waals surface area contributed by atoms with Crippen molar-refractivity contribution in [1.82, 2.24) is 0 Å². The lowest BCUT2D eigenvalue weighted by molar-refractivity contribution is 0.195. The van der Waals surface area contributed by atoms with Gasteiger partial charge in [-0.15, -0.1) is 0 Å². The molecule has 0 fully saturated rings. The lowest BCUT2D eigenvalue weighted by Gasteiger charge is -2.14. The van der Waals surface area contributed by atoms with Crippen LogP contribution in [0.1, 0.15) is 24.2 Å². The van der Waals surface area contributed by atoms with E-state index in [1.165, 1.54) is 18.2 Å². The van der Waals surface area contributed by atoms with Crippen molar-refractivity contribution in [2.45, 2.75) is 20.0 Å². The van der Waals surface area contributed by atoms with Crippen molar-refractivity contribution in [3.8, 4) is 11.5 Å². The molecule has 0 spiro atoms. The number of hydrogen-bond acceptors (Lipinski definition) is 2. The monoisotopic (exact) mass is 280 g/mol. The van der Waals surface area contributed by atoms with Crippen molar-refractivity contribution in [1.29, 1.82) is 0 Å². The zero-order valence-corrected chi connectivity index (χ0v) is 11.4. The van der Waals surface area contributed by atoms with Crippen LogP contribution in [-0.2, 0) is 0 Å². The molecule has 0 amide bonds. The van der Waals surface area contributed by atoms with Gasteiger partial charge in [0.1, 0.15) is 17.3 Å². The van der Waals surface area contributed by atoms with E-state index < -0.39 is 11.9 Å². The van der Waals surface area contributed by atoms with Crippen LogP contribution in [0, 0.1) is 12.7 Å². The van der Waals surface area contributed by atoms with Crippen molar-refractivity contribution in [3.05, 3.63) is 58.4 Å². The predicted octanol–water partition coefficient (Wildman–Crippen LogP) is 4.63. The smallest absolute Gasteiger partial charge is 0.133 e. The SMILES string of the molecule is Cc1cc(Cl)ccc1Oc1ccc(F)cc1C(C)O. The minimum atomic E-state index is -0.807. The van der Waals surface area contributed by atoms with Crippen molar-refractivity contribution >= 4 is 11.6 Å². The van der Waals surface area contributed by atoms with E-state index in [0.29, 0.717) is 22.1 Å². The summed E-state index contributed by atoms with van der Waals surface area (Å²) in [5, 5.41) is 10.3. The second kappa shape index (κ2) is 5.59. The Morgan fingerprint density at radius 2 is 1.84 bits per heavy atom. The summed E-state index contributed by atoms with van der Waals surface area (Å²) in [5.74, 6) is 0.649. The molecule has 1 atom stereocenters. The Morgan fingerprint density at radius 1 is 1.16 bits per heavy atom. The highest BCUT2D eigenvalue weighted by molar-refractivity contribution is 6.30. The Kier molecular flexibility index (Phi) is 4.08. The van der Waals surface area contributed by atoms with E-state index in [9.17, 15) is 9.50 Å². The van der Waals surface area contributed by atoms with E-state index in [4.69, 9.17) is 16.3 Å². The molecule has 2 aromatic rings. The van der Waals surface area contributed by atoms with Crippen molar-refractivity contribution in [3.63, 3.8) is 0 Å². The van der Waals surface area contributed by atoms with Gasteiger partial charge in [-0.1, -0.05) is 11.6 Å². The largest absolute Gasteiger partial charge is 0.457 e. The van der Waals surface area contributed by atoms with E-state index in [-0.39, 0.29) is 0 Å². The fourth-order valence-electron chi connectivity index (χ4n) is 1.78. The van der Waals surface area contributed by atoms with Gasteiger partial charge in [0.2, 0.25) is 0 Å². The van der Waals surface area contributed by atoms with Gasteiger partial charge in [-0.2, -0.15) is 0 Å². The molecule has 0 saturated heterocycles. The molecule has 0 aliphatic carbocycles. The van der Waals surface area contributed by atoms with E-state index in [2.05, 4.69) is 0 Å². The zero-order valence-electron chi connectivity index (χ0n) is 10.7. The van der Waals surface area contributed by atoms with Crippen LogP contribution in [0.4, 0.5) is 4.39 Å². The summed E-state index contributed by atoms with van der Waals surface area (Å²) < 4.78 is 18.9. The molecule has 0 bridgehead atoms. The first-order valence-corrected chi connectivity index (χ1v) is 6.26. The van der Waals surface area contributed by atoms with Crippen LogP contribution in [0.3, 0.4) is 0 Å². The second-order valence-corrected chi connectivity index (χ2v) is 4.81. The normalized spacial score (nSPS) is 12.3. The molecule has 2 aromatic carbocycles. The number of aliphatic hydroxyl groups excluding tert-OH is 1. The van der Waals surface area contributed by atoms with Crippen LogP contribution in [0.25, 0.3) is 0 Å². The third-order valence-corrected chi connectivity index (χ3v) is 3.01. The van der Waals surface area contributed by atoms with Crippen LogP contribution in [0.5, 0.6) is 11.5 Å². The standard InChI is InChI=1S/C15H14ClFO2/c1-9-7-11(16)3-5-14(9)19-15-6-4-12(17)8-13(15)10(2)18/h3-8,10,18H,1-2H3. The number of aryl methyl sites for hydroxylation is 1. The fraction of sp³-hybridized carbons (Fsp3) is 0.200. The van der Waals surface area contributed by atoms with Gasteiger partial charge in [-0.25, -0.2) is 4.39 Å². The molecule has 4 heteroatoms. The number of benzene rings is 2. The predicted molar refractivity (Wildman–Crippen MR) is 73.3 cm³/mol. The topological polar surface area (TPSA) is 29.5 Å². The van der Waals surface area contributed by atoms with Gasteiger partial charge >= 0.3 is 0 Å². The third-order valence-electron chi connectivity index (χ3n) is 2.78. The lowest BCUT2D eigenvalue weighted by Crippen LogP contribution is -1.98. The van der Waals surface area contributed by atoms with Crippen LogP contribution in [0.2, 0.25) is 5.02 Å². The van der Waals surface area contributed by atoms with Gasteiger partial charge in [-0.3, -0.25) is 0 Å². The van der Waals surface area contributed by atoms with E-state index in [1.807, 2.05) is 6.92 Å². The first-order valence-electron chi connectivity index (χ1n) is 5.89. The third kappa shape index (κ3) is 3.25. The van der Waals surface area contributed by atoms with E-state index in [1.54, 1.807) is 25.1 Å². The van der Waals surface area contributed by atoms with Gasteiger partial charge in [-0.05, 0) is 55.8 Å². The summed E-state index contributed by atoms with van der Waals surface area (Å²) in [7, 11) is 0. The summed E-state index contributed by atoms with van der Waals surface area (Å²) >= 11 is 5.88. The molecular formula is C15H14ClFO2. The summed E-state index contributed by atoms with van der Waals surface area (Å²) in [6.45, 7) is 3.43. The Balaban J connectivity index is 2.38. The first kappa shape index (κ1) is 13.8. The molecule has 1 unspecified atom stereocenters. The molecule has 2 nitrogen and oxygen atoms in total. The Bertz CT molecular complexity index is 597. The molecule has 19 heavy (non-hydrogen) atoms. The maximum atomic E-state index is 13.2. The Morgan fingerprint density at radius 3 is 2.47 bits per heavy atom. The van der Waals surface area contributed by atoms with Crippen molar-refractivity contribution in [2.75, 3.05) is 0 Å². The van der Waals surface area contributed by atoms with E-state index >= 15 is 0 Å². The minimum absolute atomic E-state index is 0.406. The highest BCUT2D eigenvalue weighted by Gasteiger charge is 2.12. The molecular weight excluding hydrogens is 267 g/mol. The van der Waals surface area contributed by atoms with Crippen LogP contribution < -0.4 is 4.74 Å². The van der Waals surface area contributed by atoms with E-state index in [0.717, 1.165) is 5.56 Å². The van der Waals surface area contributed by atoms with Gasteiger partial charge < -0.3 is 9.84 Å². The average Bonchev–Trinajstić information content (AvgIpc) is 2.34. The van der Waals surface area contributed by atoms with Crippen LogP contribution in [-0.4, -0.2) is 5.11 Å². The molecule has 0 aliphatic heterocycles. The van der Waals surface area contributed by atoms with Gasteiger partial charge in [0.25, 0.3) is 0 Å². The quantitative estimate of drug-likeness (QED) is 0.888. The molecule has 0 radical (unpaired) electrons. The van der Waals surface area contributed by atoms with Crippen molar-refractivity contribution in [2.24, 2.45) is 0 Å². The highest BCUT2D eigenvalue weighted by Crippen LogP contribution is 2.32. The highest BCUT2D eigenvalue weighted by atomic mass is 35.5. The summed E-state index contributed by atoms with van der Waals surface area (Å²) in [6.07, 6.45) is -0.807. The number of hydrogen-bond donors (Lipinski definition) is 1. The molecule has 0 aliphatic rings. The molecule has 1 N–H and O–H groups in total. The number of aliphatic hydroxyl groups is 1. The molecule has 100 valence electrons. The Labute approximate surface area is 116 Å². The maximum absolute atomic E-state index is 13.2. The van der Waals surface area contributed by atoms with Crippen LogP contribution >= 0.6 is 11.6 Å². The van der Waals surface area contributed by atoms with Gasteiger partial charge in [0.15, 0.2) is 0 Å². The van der Waals surface area contributed by atoms with Crippen LogP contribution in [0.15, 0.2) is 36.4 Å². The molecule has 0 saturated carbocycles. The summed E-state index contributed by atoms with van der Waals surface area (Å²) in [5.41, 5.74) is 1.28. The minimum Gasteiger partial charge on any atom is -0.457 e. The summed E-state index contributed by atoms with van der Waals surface area (Å²) in [4.78, 5) is 0. The zero-order chi connectivity index (χ0) is 14.0. The summed E-state index contributed by atoms with van der Waals surface area (Å²) in [6, 6.07) is 9.31. The van der Waals surface area contributed by atoms with Gasteiger partial charge in [0.05, 0.1) is 6.10 Å². The molecule has 0 heterocycles. The van der Waals surface area contributed by atoms with Gasteiger partial charge in [0, 0.05) is 10.6 Å². The molecule has 0 aromatic heterocycles. The second-order valence-electron chi connectivity index (χ2n) is 4.37. The average molecular weight is 281 g/mol.